The fourth-order valence-electron chi connectivity index (χ4n) is 0.741. The summed E-state index contributed by atoms with van der Waals surface area (Å²) in [6, 6.07) is 0. The van der Waals surface area contributed by atoms with Crippen molar-refractivity contribution >= 4 is 33.0 Å². The van der Waals surface area contributed by atoms with Crippen molar-refractivity contribution in [3.05, 3.63) is 20.8 Å². The van der Waals surface area contributed by atoms with Crippen molar-refractivity contribution in [3.63, 3.8) is 0 Å². The lowest BCUT2D eigenvalue weighted by Gasteiger charge is -2.17. The molecule has 0 aliphatic carbocycles. The molecule has 0 aliphatic heterocycles. The van der Waals surface area contributed by atoms with E-state index in [0.29, 0.717) is 0 Å². The molecule has 1 aromatic heterocycles. The molecule has 0 saturated carbocycles. The van der Waals surface area contributed by atoms with Gasteiger partial charge in [0.05, 0.1) is 0 Å². The normalized spacial score (nSPS) is 12.9. The van der Waals surface area contributed by atoms with E-state index in [4.69, 9.17) is 0 Å². The number of carbonyl (C=O) groups excluding carboxylic acids is 1. The quantitative estimate of drug-likeness (QED) is 0.598. The minimum Gasteiger partial charge on any atom is -0.287 e. The van der Waals surface area contributed by atoms with E-state index < -0.39 is 23.4 Å². The lowest BCUT2D eigenvalue weighted by Crippen LogP contribution is -2.44. The molecule has 0 atom stereocenters. The highest BCUT2D eigenvalue weighted by atomic mass is 79.9. The first-order valence-corrected chi connectivity index (χ1v) is 5.12. The van der Waals surface area contributed by atoms with Gasteiger partial charge in [-0.3, -0.25) is 4.79 Å². The number of rotatable bonds is 2. The Balaban J connectivity index is 3.11. The van der Waals surface area contributed by atoms with Gasteiger partial charge in [-0.1, -0.05) is 0 Å². The molecule has 1 heterocycles. The average Bonchev–Trinajstić information content (AvgIpc) is 2.48. The van der Waals surface area contributed by atoms with E-state index >= 15 is 0 Å². The molecule has 84 valence electrons. The van der Waals surface area contributed by atoms with Crippen molar-refractivity contribution in [1.29, 1.82) is 0 Å². The fraction of sp³-hybridized carbons (Fsp3) is 0.286. The Morgan fingerprint density at radius 2 is 1.73 bits per heavy atom. The number of hydrogen-bond donors (Lipinski definition) is 0. The van der Waals surface area contributed by atoms with Crippen LogP contribution in [-0.2, 0) is 0 Å². The van der Waals surface area contributed by atoms with Gasteiger partial charge in [-0.25, -0.2) is 0 Å². The highest BCUT2D eigenvalue weighted by Crippen LogP contribution is 2.39. The van der Waals surface area contributed by atoms with Gasteiger partial charge >= 0.3 is 12.1 Å². The second kappa shape index (κ2) is 3.82. The molecule has 0 amide bonds. The lowest BCUT2D eigenvalue weighted by atomic mass is 10.1. The van der Waals surface area contributed by atoms with E-state index in [1.807, 2.05) is 0 Å². The molecule has 1 nitrogen and oxygen atoms in total. The summed E-state index contributed by atoms with van der Waals surface area (Å²) in [7, 11) is 0. The zero-order valence-electron chi connectivity index (χ0n) is 6.74. The number of ketones is 1. The van der Waals surface area contributed by atoms with Crippen LogP contribution < -0.4 is 0 Å². The van der Waals surface area contributed by atoms with Gasteiger partial charge in [0.2, 0.25) is 5.78 Å². The topological polar surface area (TPSA) is 17.1 Å². The molecule has 0 N–H and O–H groups in total. The number of hydrogen-bond acceptors (Lipinski definition) is 2. The molecule has 0 aromatic carbocycles. The molecule has 1 rings (SSSR count). The molecule has 0 bridgehead atoms. The van der Waals surface area contributed by atoms with Crippen molar-refractivity contribution in [2.24, 2.45) is 0 Å². The van der Waals surface area contributed by atoms with Crippen LogP contribution in [0.3, 0.4) is 0 Å². The third kappa shape index (κ3) is 2.20. The first-order chi connectivity index (χ1) is 6.68. The highest BCUT2D eigenvalue weighted by Gasteiger charge is 2.63. The third-order valence-corrected chi connectivity index (χ3v) is 3.20. The number of thiophene rings is 1. The molecule has 0 saturated heterocycles. The van der Waals surface area contributed by atoms with Gasteiger partial charge in [0.15, 0.2) is 0 Å². The van der Waals surface area contributed by atoms with Crippen molar-refractivity contribution < 1.29 is 26.7 Å². The van der Waals surface area contributed by atoms with Crippen molar-refractivity contribution in [2.45, 2.75) is 12.1 Å². The maximum Gasteiger partial charge on any atom is 0.461 e. The van der Waals surface area contributed by atoms with Crippen LogP contribution in [-0.4, -0.2) is 17.9 Å². The van der Waals surface area contributed by atoms with E-state index in [1.165, 1.54) is 5.38 Å². The number of alkyl halides is 5. The van der Waals surface area contributed by atoms with Crippen LogP contribution in [0, 0.1) is 0 Å². The van der Waals surface area contributed by atoms with E-state index in [1.54, 1.807) is 0 Å². The molecule has 0 fully saturated rings. The zero-order valence-corrected chi connectivity index (χ0v) is 9.14. The van der Waals surface area contributed by atoms with E-state index in [9.17, 15) is 26.7 Å². The first kappa shape index (κ1) is 12.6. The van der Waals surface area contributed by atoms with Crippen LogP contribution in [0.25, 0.3) is 0 Å². The van der Waals surface area contributed by atoms with Crippen LogP contribution in [0.15, 0.2) is 15.2 Å². The predicted octanol–water partition coefficient (Wildman–Crippen LogP) is 3.89. The van der Waals surface area contributed by atoms with Crippen molar-refractivity contribution in [1.82, 2.24) is 0 Å². The van der Waals surface area contributed by atoms with Gasteiger partial charge in [-0.15, -0.1) is 0 Å². The maximum atomic E-state index is 12.6. The highest BCUT2D eigenvalue weighted by molar-refractivity contribution is 9.10. The van der Waals surface area contributed by atoms with E-state index in [0.717, 1.165) is 16.7 Å². The van der Waals surface area contributed by atoms with Gasteiger partial charge in [-0.05, 0) is 15.9 Å². The second-order valence-corrected chi connectivity index (χ2v) is 4.13. The average molecular weight is 309 g/mol. The summed E-state index contributed by atoms with van der Waals surface area (Å²) in [5, 5.41) is 2.19. The fourth-order valence-corrected chi connectivity index (χ4v) is 2.20. The first-order valence-electron chi connectivity index (χ1n) is 3.39. The molecule has 15 heavy (non-hydrogen) atoms. The van der Waals surface area contributed by atoms with Crippen LogP contribution in [0.4, 0.5) is 22.0 Å². The Morgan fingerprint density at radius 1 is 1.20 bits per heavy atom. The Bertz CT molecular complexity index is 383. The summed E-state index contributed by atoms with van der Waals surface area (Å²) < 4.78 is 60.6. The van der Waals surface area contributed by atoms with Crippen molar-refractivity contribution in [3.8, 4) is 0 Å². The van der Waals surface area contributed by atoms with E-state index in [2.05, 4.69) is 15.9 Å². The Kier molecular flexibility index (Phi) is 3.20. The minimum absolute atomic E-state index is 0.0681. The summed E-state index contributed by atoms with van der Waals surface area (Å²) in [5.41, 5.74) is -0.665. The molecular formula is C7H2BrF5OS. The molecule has 1 aromatic rings. The smallest absolute Gasteiger partial charge is 0.287 e. The monoisotopic (exact) mass is 308 g/mol. The Hall–Kier alpha value is -0.500. The molecular weight excluding hydrogens is 307 g/mol. The lowest BCUT2D eigenvalue weighted by molar-refractivity contribution is -0.255. The molecule has 8 heteroatoms. The van der Waals surface area contributed by atoms with Crippen LogP contribution >= 0.6 is 27.3 Å². The van der Waals surface area contributed by atoms with Crippen molar-refractivity contribution in [2.75, 3.05) is 0 Å². The number of Topliss-reactive ketones (excluding diaryl/α,β-unsaturated/α-hetero) is 1. The Labute approximate surface area is 93.0 Å². The maximum absolute atomic E-state index is 12.6. The largest absolute Gasteiger partial charge is 0.461 e. The summed E-state index contributed by atoms with van der Waals surface area (Å²) in [5.74, 6) is -7.60. The summed E-state index contributed by atoms with van der Waals surface area (Å²) in [6.07, 6.45) is -5.87. The van der Waals surface area contributed by atoms with Gasteiger partial charge in [-0.2, -0.15) is 33.3 Å². The summed E-state index contributed by atoms with van der Waals surface area (Å²) in [4.78, 5) is 10.9. The number of halogens is 6. The summed E-state index contributed by atoms with van der Waals surface area (Å²) >= 11 is 3.57. The predicted molar refractivity (Wildman–Crippen MR) is 47.4 cm³/mol. The standard InChI is InChI=1S/C7H2BrF5OS/c8-4-2-15-1-3(4)5(14)6(9,10)7(11,12)13/h1-2H. The summed E-state index contributed by atoms with van der Waals surface area (Å²) in [6.45, 7) is 0. The molecule has 0 aliphatic rings. The molecule has 0 unspecified atom stereocenters. The van der Waals surface area contributed by atoms with Gasteiger partial charge in [0, 0.05) is 20.8 Å². The van der Waals surface area contributed by atoms with Gasteiger partial charge in [0.25, 0.3) is 0 Å². The van der Waals surface area contributed by atoms with E-state index in [-0.39, 0.29) is 4.47 Å². The van der Waals surface area contributed by atoms with Crippen LogP contribution in [0.1, 0.15) is 10.4 Å². The minimum atomic E-state index is -5.87. The molecule has 0 radical (unpaired) electrons. The second-order valence-electron chi connectivity index (χ2n) is 2.53. The zero-order chi connectivity index (χ0) is 11.9. The SMILES string of the molecule is O=C(c1cscc1Br)C(F)(F)C(F)(F)F. The van der Waals surface area contributed by atoms with Crippen LogP contribution in [0.2, 0.25) is 0 Å². The molecule has 0 spiro atoms. The van der Waals surface area contributed by atoms with Crippen LogP contribution in [0.5, 0.6) is 0 Å². The third-order valence-electron chi connectivity index (χ3n) is 1.50. The van der Waals surface area contributed by atoms with Gasteiger partial charge < -0.3 is 0 Å². The Morgan fingerprint density at radius 3 is 2.07 bits per heavy atom. The number of carbonyl (C=O) groups is 1. The van der Waals surface area contributed by atoms with Gasteiger partial charge in [0.1, 0.15) is 0 Å².